The lowest BCUT2D eigenvalue weighted by Gasteiger charge is -2.36. The summed E-state index contributed by atoms with van der Waals surface area (Å²) in [6.07, 6.45) is 6.11. The van der Waals surface area contributed by atoms with E-state index in [1.165, 1.54) is 0 Å². The van der Waals surface area contributed by atoms with Crippen LogP contribution in [0.1, 0.15) is 62.4 Å². The fourth-order valence-corrected chi connectivity index (χ4v) is 4.14. The molecule has 1 aliphatic rings. The quantitative estimate of drug-likeness (QED) is 0.597. The van der Waals surface area contributed by atoms with Crippen LogP contribution in [0.5, 0.6) is 0 Å². The highest BCUT2D eigenvalue weighted by Gasteiger charge is 2.41. The van der Waals surface area contributed by atoms with E-state index in [1.54, 1.807) is 18.2 Å². The Morgan fingerprint density at radius 1 is 1.19 bits per heavy atom. The third-order valence-corrected chi connectivity index (χ3v) is 5.86. The maximum absolute atomic E-state index is 13.0. The molecule has 0 aliphatic heterocycles. The van der Waals surface area contributed by atoms with E-state index in [0.717, 1.165) is 37.6 Å². The van der Waals surface area contributed by atoms with Gasteiger partial charge in [0.25, 0.3) is 5.91 Å². The number of amides is 2. The van der Waals surface area contributed by atoms with Crippen molar-refractivity contribution in [3.63, 3.8) is 0 Å². The van der Waals surface area contributed by atoms with E-state index in [4.69, 9.17) is 23.2 Å². The highest BCUT2D eigenvalue weighted by atomic mass is 35.5. The van der Waals surface area contributed by atoms with Crippen molar-refractivity contribution < 1.29 is 9.59 Å². The van der Waals surface area contributed by atoms with Gasteiger partial charge < -0.3 is 15.6 Å². The Kier molecular flexibility index (Phi) is 6.33. The van der Waals surface area contributed by atoms with Crippen LogP contribution in [0.25, 0.3) is 10.9 Å². The van der Waals surface area contributed by atoms with Crippen molar-refractivity contribution in [2.75, 3.05) is 6.54 Å². The largest absolute Gasteiger partial charge is 0.354 e. The molecule has 1 fully saturated rings. The minimum atomic E-state index is -0.874. The molecule has 1 aromatic carbocycles. The molecule has 0 radical (unpaired) electrons. The number of fused-ring (bicyclic) bond motifs is 1. The van der Waals surface area contributed by atoms with E-state index in [2.05, 4.69) is 22.5 Å². The van der Waals surface area contributed by atoms with Crippen LogP contribution < -0.4 is 10.6 Å². The fourth-order valence-electron chi connectivity index (χ4n) is 3.68. The molecule has 0 atom stereocenters. The number of nitrogens with one attached hydrogen (secondary N) is 3. The zero-order valence-electron chi connectivity index (χ0n) is 15.5. The summed E-state index contributed by atoms with van der Waals surface area (Å²) in [7, 11) is 0. The molecule has 146 valence electrons. The minimum absolute atomic E-state index is 0.0979. The van der Waals surface area contributed by atoms with Gasteiger partial charge in [0, 0.05) is 22.5 Å². The van der Waals surface area contributed by atoms with Crippen LogP contribution >= 0.6 is 23.2 Å². The molecule has 1 heterocycles. The molecule has 0 saturated heterocycles. The number of hydrogen-bond donors (Lipinski definition) is 3. The average molecular weight is 410 g/mol. The monoisotopic (exact) mass is 409 g/mol. The third-order valence-electron chi connectivity index (χ3n) is 5.23. The zero-order chi connectivity index (χ0) is 19.4. The van der Waals surface area contributed by atoms with Crippen molar-refractivity contribution in [2.45, 2.75) is 57.4 Å². The number of carbonyl (C=O) groups is 2. The molecule has 7 heteroatoms. The van der Waals surface area contributed by atoms with E-state index in [0.29, 0.717) is 34.8 Å². The van der Waals surface area contributed by atoms with Crippen molar-refractivity contribution in [1.82, 2.24) is 15.6 Å². The number of hydrogen-bond acceptors (Lipinski definition) is 2. The van der Waals surface area contributed by atoms with Crippen LogP contribution in [0.15, 0.2) is 18.2 Å². The number of carbonyl (C=O) groups excluding carboxylic acids is 2. The second kappa shape index (κ2) is 8.53. The Labute approximate surface area is 169 Å². The van der Waals surface area contributed by atoms with Crippen molar-refractivity contribution in [1.29, 1.82) is 0 Å². The van der Waals surface area contributed by atoms with E-state index in [1.807, 2.05) is 0 Å². The Morgan fingerprint density at radius 3 is 2.63 bits per heavy atom. The molecule has 1 saturated carbocycles. The lowest BCUT2D eigenvalue weighted by molar-refractivity contribution is -0.128. The number of benzene rings is 1. The zero-order valence-corrected chi connectivity index (χ0v) is 17.0. The van der Waals surface area contributed by atoms with Gasteiger partial charge in [-0.3, -0.25) is 9.59 Å². The predicted molar refractivity (Wildman–Crippen MR) is 110 cm³/mol. The van der Waals surface area contributed by atoms with Crippen molar-refractivity contribution in [3.05, 3.63) is 33.9 Å². The molecular weight excluding hydrogens is 385 g/mol. The van der Waals surface area contributed by atoms with Gasteiger partial charge in [-0.25, -0.2) is 0 Å². The molecule has 2 aromatic rings. The molecule has 2 amide bonds. The Balaban J connectivity index is 1.84. The first kappa shape index (κ1) is 20.0. The van der Waals surface area contributed by atoms with Gasteiger partial charge in [0.15, 0.2) is 0 Å². The maximum Gasteiger partial charge on any atom is 0.270 e. The molecule has 1 aromatic heterocycles. The van der Waals surface area contributed by atoms with Gasteiger partial charge in [-0.1, -0.05) is 55.8 Å². The SMILES string of the molecule is CCCCNC(=O)C1(NC(=O)c2[nH]c3ccc(Cl)cc3c2Cl)CCCCC1. The van der Waals surface area contributed by atoms with Crippen LogP contribution in [0.2, 0.25) is 10.0 Å². The van der Waals surface area contributed by atoms with Crippen molar-refractivity contribution in [3.8, 4) is 0 Å². The normalized spacial score (nSPS) is 16.3. The highest BCUT2D eigenvalue weighted by Crippen LogP contribution is 2.32. The summed E-state index contributed by atoms with van der Waals surface area (Å²) >= 11 is 12.5. The Morgan fingerprint density at radius 2 is 1.93 bits per heavy atom. The molecule has 1 aliphatic carbocycles. The van der Waals surface area contributed by atoms with E-state index in [-0.39, 0.29) is 17.5 Å². The molecular formula is C20H25Cl2N3O2. The van der Waals surface area contributed by atoms with Crippen LogP contribution in [0, 0.1) is 0 Å². The summed E-state index contributed by atoms with van der Waals surface area (Å²) in [5, 5.41) is 7.54. The van der Waals surface area contributed by atoms with Crippen molar-refractivity contribution >= 4 is 45.9 Å². The van der Waals surface area contributed by atoms with Gasteiger partial charge in [0.05, 0.1) is 5.02 Å². The van der Waals surface area contributed by atoms with E-state index < -0.39 is 5.54 Å². The first-order valence-electron chi connectivity index (χ1n) is 9.54. The summed E-state index contributed by atoms with van der Waals surface area (Å²) in [6, 6.07) is 5.25. The number of rotatable bonds is 6. The summed E-state index contributed by atoms with van der Waals surface area (Å²) in [5.74, 6) is -0.459. The summed E-state index contributed by atoms with van der Waals surface area (Å²) in [6.45, 7) is 2.70. The van der Waals surface area contributed by atoms with Gasteiger partial charge >= 0.3 is 0 Å². The van der Waals surface area contributed by atoms with Gasteiger partial charge in [-0.15, -0.1) is 0 Å². The van der Waals surface area contributed by atoms with Crippen LogP contribution in [-0.4, -0.2) is 28.9 Å². The van der Waals surface area contributed by atoms with E-state index >= 15 is 0 Å². The molecule has 0 bridgehead atoms. The molecule has 5 nitrogen and oxygen atoms in total. The molecule has 3 N–H and O–H groups in total. The number of aromatic nitrogens is 1. The van der Waals surface area contributed by atoms with Crippen LogP contribution in [0.3, 0.4) is 0 Å². The number of H-pyrrole nitrogens is 1. The van der Waals surface area contributed by atoms with Crippen molar-refractivity contribution in [2.24, 2.45) is 0 Å². The lowest BCUT2D eigenvalue weighted by Crippen LogP contribution is -2.59. The molecule has 3 rings (SSSR count). The smallest absolute Gasteiger partial charge is 0.270 e. The summed E-state index contributed by atoms with van der Waals surface area (Å²) in [5.41, 5.74) is 0.126. The van der Waals surface area contributed by atoms with Gasteiger partial charge in [0.1, 0.15) is 11.2 Å². The topological polar surface area (TPSA) is 74.0 Å². The van der Waals surface area contributed by atoms with Gasteiger partial charge in [-0.05, 0) is 37.5 Å². The minimum Gasteiger partial charge on any atom is -0.354 e. The Hall–Kier alpha value is -1.72. The van der Waals surface area contributed by atoms with Crippen LogP contribution in [-0.2, 0) is 4.79 Å². The highest BCUT2D eigenvalue weighted by molar-refractivity contribution is 6.39. The van der Waals surface area contributed by atoms with Gasteiger partial charge in [-0.2, -0.15) is 0 Å². The molecule has 0 unspecified atom stereocenters. The first-order chi connectivity index (χ1) is 13.0. The number of halogens is 2. The molecule has 0 spiro atoms. The average Bonchev–Trinajstić information content (AvgIpc) is 2.99. The maximum atomic E-state index is 13.0. The predicted octanol–water partition coefficient (Wildman–Crippen LogP) is 4.82. The fraction of sp³-hybridized carbons (Fsp3) is 0.500. The summed E-state index contributed by atoms with van der Waals surface area (Å²) < 4.78 is 0. The Bertz CT molecular complexity index is 841. The second-order valence-corrected chi connectivity index (χ2v) is 8.02. The van der Waals surface area contributed by atoms with Gasteiger partial charge in [0.2, 0.25) is 5.91 Å². The third kappa shape index (κ3) is 4.25. The van der Waals surface area contributed by atoms with Crippen LogP contribution in [0.4, 0.5) is 0 Å². The second-order valence-electron chi connectivity index (χ2n) is 7.21. The standard InChI is InChI=1S/C20H25Cl2N3O2/c1-2-3-11-23-19(27)20(9-5-4-6-10-20)25-18(26)17-16(22)14-12-13(21)7-8-15(14)24-17/h7-8,12,24H,2-6,9-11H2,1H3,(H,23,27)(H,25,26). The first-order valence-corrected chi connectivity index (χ1v) is 10.3. The van der Waals surface area contributed by atoms with E-state index in [9.17, 15) is 9.59 Å². The summed E-state index contributed by atoms with van der Waals surface area (Å²) in [4.78, 5) is 28.9. The number of unbranched alkanes of at least 4 members (excludes halogenated alkanes) is 1. The number of aromatic amines is 1. The molecule has 27 heavy (non-hydrogen) atoms. The lowest BCUT2D eigenvalue weighted by atomic mass is 9.80.